The maximum absolute atomic E-state index is 11.9. The van der Waals surface area contributed by atoms with Gasteiger partial charge in [-0.15, -0.1) is 6.58 Å². The molecule has 0 unspecified atom stereocenters. The molecule has 0 spiro atoms. The highest BCUT2D eigenvalue weighted by Gasteiger charge is 2.55. The van der Waals surface area contributed by atoms with Crippen molar-refractivity contribution in [3.8, 4) is 0 Å². The van der Waals surface area contributed by atoms with Crippen molar-refractivity contribution in [1.82, 2.24) is 4.90 Å². The molecule has 1 aliphatic heterocycles. The van der Waals surface area contributed by atoms with Gasteiger partial charge in [0.2, 0.25) is 5.91 Å². The van der Waals surface area contributed by atoms with Crippen LogP contribution in [0.2, 0.25) is 0 Å². The van der Waals surface area contributed by atoms with Gasteiger partial charge < -0.3 is 14.7 Å². The number of likely N-dealkylation sites (tertiary alicyclic amines) is 1. The zero-order valence-corrected chi connectivity index (χ0v) is 10.4. The number of carboxylic acids is 1. The van der Waals surface area contributed by atoms with Gasteiger partial charge in [0, 0.05) is 13.1 Å². The van der Waals surface area contributed by atoms with E-state index in [-0.39, 0.29) is 18.4 Å². The molecule has 2 rings (SSSR count). The highest BCUT2D eigenvalue weighted by atomic mass is 16.5. The number of fused-ring (bicyclic) bond motifs is 1. The van der Waals surface area contributed by atoms with Crippen LogP contribution < -0.4 is 0 Å². The van der Waals surface area contributed by atoms with Crippen molar-refractivity contribution in [2.75, 3.05) is 26.3 Å². The lowest BCUT2D eigenvalue weighted by atomic mass is 9.81. The summed E-state index contributed by atoms with van der Waals surface area (Å²) in [6.45, 7) is 4.75. The molecule has 1 saturated carbocycles. The molecule has 1 amide bonds. The van der Waals surface area contributed by atoms with Crippen molar-refractivity contribution in [3.63, 3.8) is 0 Å². The number of carboxylic acid groups (broad SMARTS) is 1. The highest BCUT2D eigenvalue weighted by molar-refractivity contribution is 5.82. The molecule has 5 nitrogen and oxygen atoms in total. The largest absolute Gasteiger partial charge is 0.481 e. The van der Waals surface area contributed by atoms with Crippen molar-refractivity contribution in [2.45, 2.75) is 19.3 Å². The third-order valence-corrected chi connectivity index (χ3v) is 4.11. The van der Waals surface area contributed by atoms with Crippen LogP contribution in [0.4, 0.5) is 0 Å². The summed E-state index contributed by atoms with van der Waals surface area (Å²) in [5.41, 5.74) is -0.700. The maximum atomic E-state index is 11.9. The lowest BCUT2D eigenvalue weighted by Gasteiger charge is -2.23. The first-order valence-electron chi connectivity index (χ1n) is 6.30. The van der Waals surface area contributed by atoms with Crippen LogP contribution in [0.25, 0.3) is 0 Å². The predicted molar refractivity (Wildman–Crippen MR) is 65.0 cm³/mol. The zero-order chi connectivity index (χ0) is 13.2. The Balaban J connectivity index is 1.96. The molecule has 0 radical (unpaired) electrons. The minimum Gasteiger partial charge on any atom is -0.481 e. The molecule has 0 bridgehead atoms. The molecule has 2 aliphatic rings. The Labute approximate surface area is 106 Å². The first-order valence-corrected chi connectivity index (χ1v) is 6.30. The number of hydrogen-bond acceptors (Lipinski definition) is 3. The number of carbonyl (C=O) groups excluding carboxylic acids is 1. The van der Waals surface area contributed by atoms with Gasteiger partial charge in [0.05, 0.1) is 12.0 Å². The Morgan fingerprint density at radius 3 is 2.94 bits per heavy atom. The van der Waals surface area contributed by atoms with Crippen molar-refractivity contribution in [1.29, 1.82) is 0 Å². The molecule has 100 valence electrons. The molecule has 5 heteroatoms. The van der Waals surface area contributed by atoms with Crippen LogP contribution in [0.5, 0.6) is 0 Å². The number of aliphatic carboxylic acids is 1. The minimum absolute atomic E-state index is 0.00837. The first-order chi connectivity index (χ1) is 8.60. The normalized spacial score (nSPS) is 30.2. The fourth-order valence-electron chi connectivity index (χ4n) is 3.15. The molecule has 2 fully saturated rings. The maximum Gasteiger partial charge on any atom is 0.311 e. The van der Waals surface area contributed by atoms with Crippen molar-refractivity contribution in [3.05, 3.63) is 12.7 Å². The Hall–Kier alpha value is -1.36. The molecule has 0 aromatic heterocycles. The number of nitrogens with zero attached hydrogens (tertiary/aromatic N) is 1. The minimum atomic E-state index is -0.757. The van der Waals surface area contributed by atoms with Crippen LogP contribution in [0, 0.1) is 11.3 Å². The molecule has 1 saturated heterocycles. The zero-order valence-electron chi connectivity index (χ0n) is 10.4. The van der Waals surface area contributed by atoms with E-state index in [4.69, 9.17) is 4.74 Å². The number of rotatable bonds is 5. The van der Waals surface area contributed by atoms with Crippen molar-refractivity contribution < 1.29 is 19.4 Å². The summed E-state index contributed by atoms with van der Waals surface area (Å²) < 4.78 is 5.12. The second-order valence-electron chi connectivity index (χ2n) is 5.13. The van der Waals surface area contributed by atoms with Crippen LogP contribution in [-0.4, -0.2) is 48.2 Å². The van der Waals surface area contributed by atoms with E-state index in [1.54, 1.807) is 11.0 Å². The number of amides is 1. The van der Waals surface area contributed by atoms with E-state index in [9.17, 15) is 14.7 Å². The molecule has 18 heavy (non-hydrogen) atoms. The van der Waals surface area contributed by atoms with E-state index >= 15 is 0 Å². The number of carbonyl (C=O) groups is 2. The van der Waals surface area contributed by atoms with Gasteiger partial charge in [-0.05, 0) is 18.8 Å². The average Bonchev–Trinajstić information content (AvgIpc) is 2.85. The van der Waals surface area contributed by atoms with E-state index in [0.717, 1.165) is 12.8 Å². The highest BCUT2D eigenvalue weighted by Crippen LogP contribution is 2.48. The Morgan fingerprint density at radius 2 is 2.33 bits per heavy atom. The Bertz CT molecular complexity index is 368. The SMILES string of the molecule is C=CCOCC(=O)N1C[C@@H]2CCC[C@@]2(C(=O)O)C1. The molecule has 1 aliphatic carbocycles. The second-order valence-corrected chi connectivity index (χ2v) is 5.13. The quantitative estimate of drug-likeness (QED) is 0.584. The van der Waals surface area contributed by atoms with Gasteiger partial charge in [0.15, 0.2) is 0 Å². The van der Waals surface area contributed by atoms with E-state index in [1.165, 1.54) is 0 Å². The summed E-state index contributed by atoms with van der Waals surface area (Å²) in [5.74, 6) is -0.766. The monoisotopic (exact) mass is 253 g/mol. The van der Waals surface area contributed by atoms with E-state index < -0.39 is 11.4 Å². The summed E-state index contributed by atoms with van der Waals surface area (Å²) in [5, 5.41) is 9.41. The third-order valence-electron chi connectivity index (χ3n) is 4.11. The summed E-state index contributed by atoms with van der Waals surface area (Å²) in [4.78, 5) is 25.0. The van der Waals surface area contributed by atoms with Crippen LogP contribution >= 0.6 is 0 Å². The van der Waals surface area contributed by atoms with Gasteiger partial charge in [-0.25, -0.2) is 0 Å². The third kappa shape index (κ3) is 2.14. The molecular weight excluding hydrogens is 234 g/mol. The van der Waals surface area contributed by atoms with Gasteiger partial charge in [0.1, 0.15) is 6.61 Å². The van der Waals surface area contributed by atoms with Crippen LogP contribution in [-0.2, 0) is 14.3 Å². The van der Waals surface area contributed by atoms with Crippen LogP contribution in [0.1, 0.15) is 19.3 Å². The molecule has 0 aromatic carbocycles. The molecular formula is C13H19NO4. The molecule has 0 aromatic rings. The lowest BCUT2D eigenvalue weighted by molar-refractivity contribution is -0.149. The summed E-state index contributed by atoms with van der Waals surface area (Å²) in [7, 11) is 0. The topological polar surface area (TPSA) is 66.8 Å². The Kier molecular flexibility index (Phi) is 3.71. The van der Waals surface area contributed by atoms with Crippen LogP contribution in [0.3, 0.4) is 0 Å². The predicted octanol–water partition coefficient (Wildman–Crippen LogP) is 0.902. The lowest BCUT2D eigenvalue weighted by Crippen LogP contribution is -2.38. The smallest absolute Gasteiger partial charge is 0.311 e. The van der Waals surface area contributed by atoms with E-state index in [0.29, 0.717) is 26.1 Å². The fraction of sp³-hybridized carbons (Fsp3) is 0.692. The Morgan fingerprint density at radius 1 is 1.56 bits per heavy atom. The first kappa shape index (κ1) is 13.1. The van der Waals surface area contributed by atoms with E-state index in [1.807, 2.05) is 0 Å². The van der Waals surface area contributed by atoms with Gasteiger partial charge in [-0.2, -0.15) is 0 Å². The van der Waals surface area contributed by atoms with Crippen molar-refractivity contribution >= 4 is 11.9 Å². The standard InChI is InChI=1S/C13H19NO4/c1-2-6-18-8-11(15)14-7-10-4-3-5-13(10,9-14)12(16)17/h2,10H,1,3-9H2,(H,16,17)/t10-,13+/m0/s1. The van der Waals surface area contributed by atoms with Gasteiger partial charge in [-0.1, -0.05) is 12.5 Å². The fourth-order valence-corrected chi connectivity index (χ4v) is 3.15. The molecule has 1 N–H and O–H groups in total. The molecule has 2 atom stereocenters. The average molecular weight is 253 g/mol. The summed E-state index contributed by atoms with van der Waals surface area (Å²) >= 11 is 0. The number of hydrogen-bond donors (Lipinski definition) is 1. The van der Waals surface area contributed by atoms with Gasteiger partial charge in [-0.3, -0.25) is 9.59 Å². The summed E-state index contributed by atoms with van der Waals surface area (Å²) in [6, 6.07) is 0. The summed E-state index contributed by atoms with van der Waals surface area (Å²) in [6.07, 6.45) is 4.13. The number of ether oxygens (including phenoxy) is 1. The van der Waals surface area contributed by atoms with Gasteiger partial charge >= 0.3 is 5.97 Å². The molecule has 1 heterocycles. The van der Waals surface area contributed by atoms with Crippen molar-refractivity contribution in [2.24, 2.45) is 11.3 Å². The van der Waals surface area contributed by atoms with Gasteiger partial charge in [0.25, 0.3) is 0 Å². The van der Waals surface area contributed by atoms with Crippen LogP contribution in [0.15, 0.2) is 12.7 Å². The van der Waals surface area contributed by atoms with E-state index in [2.05, 4.69) is 6.58 Å². The second kappa shape index (κ2) is 5.10.